The molecule has 0 bridgehead atoms. The summed E-state index contributed by atoms with van der Waals surface area (Å²) in [5.41, 5.74) is 1.94. The van der Waals surface area contributed by atoms with Crippen LogP contribution in [0.3, 0.4) is 0 Å². The molecule has 0 aliphatic rings. The molecule has 0 aliphatic carbocycles. The highest BCUT2D eigenvalue weighted by Crippen LogP contribution is 2.21. The first-order chi connectivity index (χ1) is 9.65. The molecular weight excluding hydrogens is 273 g/mol. The number of carbonyl (C=O) groups excluding carboxylic acids is 1. The van der Waals surface area contributed by atoms with Crippen molar-refractivity contribution in [1.29, 1.82) is 0 Å². The lowest BCUT2D eigenvalue weighted by molar-refractivity contribution is -0.115. The number of rotatable bonds is 5. The Labute approximate surface area is 122 Å². The Bertz CT molecular complexity index is 583. The summed E-state index contributed by atoms with van der Waals surface area (Å²) in [4.78, 5) is 12.3. The molecule has 2 nitrogen and oxygen atoms in total. The van der Waals surface area contributed by atoms with Gasteiger partial charge >= 0.3 is 0 Å². The molecule has 0 unspecified atom stereocenters. The fourth-order valence-electron chi connectivity index (χ4n) is 1.68. The van der Waals surface area contributed by atoms with E-state index in [4.69, 9.17) is 0 Å². The Morgan fingerprint density at radius 1 is 1.15 bits per heavy atom. The van der Waals surface area contributed by atoms with E-state index in [-0.39, 0.29) is 11.7 Å². The summed E-state index contributed by atoms with van der Waals surface area (Å²) < 4.78 is 13.4. The smallest absolute Gasteiger partial charge is 0.225 e. The number of thioether (sulfide) groups is 1. The largest absolute Gasteiger partial charge is 0.326 e. The lowest BCUT2D eigenvalue weighted by atomic mass is 10.2. The molecule has 0 atom stereocenters. The molecule has 0 aromatic heterocycles. The van der Waals surface area contributed by atoms with Gasteiger partial charge in [0.05, 0.1) is 0 Å². The molecular formula is C16H16FNOS. The van der Waals surface area contributed by atoms with Gasteiger partial charge in [-0.1, -0.05) is 29.8 Å². The monoisotopic (exact) mass is 289 g/mol. The first-order valence-electron chi connectivity index (χ1n) is 6.39. The van der Waals surface area contributed by atoms with Crippen molar-refractivity contribution in [1.82, 2.24) is 0 Å². The standard InChI is InChI=1S/C16H16FNOS/c1-12-6-8-13(9-7-12)18-16(19)10-11-20-15-5-3-2-4-14(15)17/h2-9H,10-11H2,1H3,(H,18,19). The highest BCUT2D eigenvalue weighted by atomic mass is 32.2. The molecule has 4 heteroatoms. The molecule has 0 aliphatic heterocycles. The summed E-state index contributed by atoms with van der Waals surface area (Å²) in [6.45, 7) is 2.00. The minimum atomic E-state index is -0.239. The van der Waals surface area contributed by atoms with Crippen molar-refractivity contribution in [2.45, 2.75) is 18.2 Å². The summed E-state index contributed by atoms with van der Waals surface area (Å²) >= 11 is 1.35. The summed E-state index contributed by atoms with van der Waals surface area (Å²) in [5.74, 6) is 0.257. The first kappa shape index (κ1) is 14.6. The van der Waals surface area contributed by atoms with E-state index in [9.17, 15) is 9.18 Å². The second-order valence-electron chi connectivity index (χ2n) is 4.44. The summed E-state index contributed by atoms with van der Waals surface area (Å²) in [5, 5.41) is 2.82. The second kappa shape index (κ2) is 7.10. The zero-order chi connectivity index (χ0) is 14.4. The van der Waals surface area contributed by atoms with Crippen molar-refractivity contribution < 1.29 is 9.18 Å². The van der Waals surface area contributed by atoms with Gasteiger partial charge in [-0.2, -0.15) is 0 Å². The Balaban J connectivity index is 1.78. The topological polar surface area (TPSA) is 29.1 Å². The van der Waals surface area contributed by atoms with Gasteiger partial charge in [0.25, 0.3) is 0 Å². The van der Waals surface area contributed by atoms with Gasteiger partial charge in [-0.25, -0.2) is 4.39 Å². The van der Waals surface area contributed by atoms with Gasteiger partial charge < -0.3 is 5.32 Å². The van der Waals surface area contributed by atoms with Crippen LogP contribution in [0, 0.1) is 12.7 Å². The van der Waals surface area contributed by atoms with Gasteiger partial charge in [-0.3, -0.25) is 4.79 Å². The number of carbonyl (C=O) groups is 1. The van der Waals surface area contributed by atoms with Crippen molar-refractivity contribution in [2.24, 2.45) is 0 Å². The highest BCUT2D eigenvalue weighted by Gasteiger charge is 2.05. The number of amides is 1. The molecule has 0 spiro atoms. The van der Waals surface area contributed by atoms with E-state index >= 15 is 0 Å². The summed E-state index contributed by atoms with van der Waals surface area (Å²) in [6.07, 6.45) is 0.354. The predicted octanol–water partition coefficient (Wildman–Crippen LogP) is 4.26. The Kier molecular flexibility index (Phi) is 5.18. The van der Waals surface area contributed by atoms with Gasteiger partial charge in [0.15, 0.2) is 0 Å². The van der Waals surface area contributed by atoms with Crippen LogP contribution in [-0.4, -0.2) is 11.7 Å². The number of hydrogen-bond donors (Lipinski definition) is 1. The highest BCUT2D eigenvalue weighted by molar-refractivity contribution is 7.99. The van der Waals surface area contributed by atoms with Crippen LogP contribution >= 0.6 is 11.8 Å². The van der Waals surface area contributed by atoms with Crippen molar-refractivity contribution in [3.05, 3.63) is 59.9 Å². The second-order valence-corrected chi connectivity index (χ2v) is 5.58. The number of nitrogens with one attached hydrogen (secondary N) is 1. The number of hydrogen-bond acceptors (Lipinski definition) is 2. The first-order valence-corrected chi connectivity index (χ1v) is 7.37. The summed E-state index contributed by atoms with van der Waals surface area (Å²) in [7, 11) is 0. The molecule has 2 aromatic rings. The molecule has 0 saturated heterocycles. The number of benzene rings is 2. The van der Waals surface area contributed by atoms with Crippen LogP contribution in [0.15, 0.2) is 53.4 Å². The zero-order valence-electron chi connectivity index (χ0n) is 11.2. The molecule has 0 fully saturated rings. The molecule has 1 amide bonds. The maximum absolute atomic E-state index is 13.4. The van der Waals surface area contributed by atoms with Crippen molar-refractivity contribution in [3.63, 3.8) is 0 Å². The molecule has 0 radical (unpaired) electrons. The fraction of sp³-hybridized carbons (Fsp3) is 0.188. The van der Waals surface area contributed by atoms with E-state index in [1.54, 1.807) is 18.2 Å². The number of anilines is 1. The maximum atomic E-state index is 13.4. The molecule has 104 valence electrons. The zero-order valence-corrected chi connectivity index (χ0v) is 12.0. The molecule has 20 heavy (non-hydrogen) atoms. The Hall–Kier alpha value is -1.81. The van der Waals surface area contributed by atoms with Crippen LogP contribution in [0.4, 0.5) is 10.1 Å². The fourth-order valence-corrected chi connectivity index (χ4v) is 2.56. The average molecular weight is 289 g/mol. The molecule has 0 saturated carbocycles. The molecule has 0 heterocycles. The number of aryl methyl sites for hydroxylation is 1. The van der Waals surface area contributed by atoms with Gasteiger partial charge in [0.2, 0.25) is 5.91 Å². The van der Waals surface area contributed by atoms with Gasteiger partial charge in [0, 0.05) is 22.8 Å². The van der Waals surface area contributed by atoms with Gasteiger partial charge in [-0.15, -0.1) is 11.8 Å². The molecule has 2 rings (SSSR count). The minimum absolute atomic E-state index is 0.0577. The van der Waals surface area contributed by atoms with E-state index < -0.39 is 0 Å². The third kappa shape index (κ3) is 4.38. The molecule has 1 N–H and O–H groups in total. The Morgan fingerprint density at radius 2 is 1.85 bits per heavy atom. The minimum Gasteiger partial charge on any atom is -0.326 e. The van der Waals surface area contributed by atoms with Gasteiger partial charge in [-0.05, 0) is 31.2 Å². The van der Waals surface area contributed by atoms with Crippen molar-refractivity contribution in [2.75, 3.05) is 11.1 Å². The van der Waals surface area contributed by atoms with Crippen LogP contribution in [0.1, 0.15) is 12.0 Å². The van der Waals surface area contributed by atoms with Crippen LogP contribution in [0.5, 0.6) is 0 Å². The SMILES string of the molecule is Cc1ccc(NC(=O)CCSc2ccccc2F)cc1. The molecule has 2 aromatic carbocycles. The predicted molar refractivity (Wildman–Crippen MR) is 81.5 cm³/mol. The normalized spacial score (nSPS) is 10.3. The maximum Gasteiger partial charge on any atom is 0.225 e. The van der Waals surface area contributed by atoms with E-state index in [1.807, 2.05) is 31.2 Å². The Morgan fingerprint density at radius 3 is 2.55 bits per heavy atom. The average Bonchev–Trinajstić information content (AvgIpc) is 2.43. The van der Waals surface area contributed by atoms with Crippen LogP contribution in [0.2, 0.25) is 0 Å². The lowest BCUT2D eigenvalue weighted by Crippen LogP contribution is -2.12. The third-order valence-corrected chi connectivity index (χ3v) is 3.81. The number of halogens is 1. The summed E-state index contributed by atoms with van der Waals surface area (Å²) in [6, 6.07) is 14.2. The van der Waals surface area contributed by atoms with E-state index in [0.717, 1.165) is 11.3 Å². The van der Waals surface area contributed by atoms with Crippen molar-refractivity contribution in [3.8, 4) is 0 Å². The van der Waals surface area contributed by atoms with Crippen LogP contribution < -0.4 is 5.32 Å². The van der Waals surface area contributed by atoms with E-state index in [1.165, 1.54) is 17.8 Å². The van der Waals surface area contributed by atoms with Crippen LogP contribution in [0.25, 0.3) is 0 Å². The van der Waals surface area contributed by atoms with E-state index in [2.05, 4.69) is 5.32 Å². The van der Waals surface area contributed by atoms with Crippen LogP contribution in [-0.2, 0) is 4.79 Å². The third-order valence-electron chi connectivity index (χ3n) is 2.76. The quantitative estimate of drug-likeness (QED) is 0.833. The van der Waals surface area contributed by atoms with Gasteiger partial charge in [0.1, 0.15) is 5.82 Å². The van der Waals surface area contributed by atoms with E-state index in [0.29, 0.717) is 17.1 Å². The lowest BCUT2D eigenvalue weighted by Gasteiger charge is -2.06. The van der Waals surface area contributed by atoms with Crippen molar-refractivity contribution >= 4 is 23.4 Å².